The Morgan fingerprint density at radius 1 is 1.67 bits per heavy atom. The van der Waals surface area contributed by atoms with Crippen LogP contribution in [0.25, 0.3) is 0 Å². The minimum Gasteiger partial charge on any atom is -0.338 e. The molecule has 1 saturated carbocycles. The number of carbonyl (C=O) groups is 1. The maximum Gasteiger partial charge on any atom is 0.226 e. The second-order valence-corrected chi connectivity index (χ2v) is 4.35. The summed E-state index contributed by atoms with van der Waals surface area (Å²) in [5.74, 6) is 2.45. The monoisotopic (exact) mass is 208 g/mol. The summed E-state index contributed by atoms with van der Waals surface area (Å²) < 4.78 is 0. The number of hydrogen-bond acceptors (Lipinski definition) is 3. The lowest BCUT2D eigenvalue weighted by molar-refractivity contribution is -0.132. The van der Waals surface area contributed by atoms with Gasteiger partial charge in [0, 0.05) is 13.0 Å². The summed E-state index contributed by atoms with van der Waals surface area (Å²) in [6.07, 6.45) is 1.02. The van der Waals surface area contributed by atoms with Crippen LogP contribution in [0.1, 0.15) is 25.0 Å². The highest BCUT2D eigenvalue weighted by atomic mass is 16.2. The van der Waals surface area contributed by atoms with Crippen molar-refractivity contribution in [3.8, 4) is 0 Å². The third kappa shape index (κ3) is 2.16. The van der Waals surface area contributed by atoms with Crippen LogP contribution >= 0.6 is 0 Å². The van der Waals surface area contributed by atoms with Crippen LogP contribution in [-0.4, -0.2) is 33.0 Å². The molecule has 0 bridgehead atoms. The topological polar surface area (TPSA) is 61.9 Å². The van der Waals surface area contributed by atoms with E-state index in [4.69, 9.17) is 0 Å². The Morgan fingerprint density at radius 3 is 2.80 bits per heavy atom. The molecule has 82 valence electrons. The van der Waals surface area contributed by atoms with Crippen LogP contribution in [0.4, 0.5) is 0 Å². The lowest BCUT2D eigenvalue weighted by Gasteiger charge is -2.14. The standard InChI is InChI=1S/C10H16N4O/c1-6-4-8(6)10(15)14(3)5-9-11-7(2)12-13-9/h6,8H,4-5H2,1-3H3,(H,11,12,13). The van der Waals surface area contributed by atoms with Crippen LogP contribution in [0.15, 0.2) is 0 Å². The smallest absolute Gasteiger partial charge is 0.226 e. The van der Waals surface area contributed by atoms with E-state index in [1.807, 2.05) is 6.92 Å². The van der Waals surface area contributed by atoms with Crippen molar-refractivity contribution < 1.29 is 4.79 Å². The van der Waals surface area contributed by atoms with Gasteiger partial charge in [-0.2, -0.15) is 5.10 Å². The highest BCUT2D eigenvalue weighted by Gasteiger charge is 2.40. The van der Waals surface area contributed by atoms with Crippen LogP contribution in [0.2, 0.25) is 0 Å². The largest absolute Gasteiger partial charge is 0.338 e. The molecule has 0 aromatic carbocycles. The molecule has 5 heteroatoms. The van der Waals surface area contributed by atoms with E-state index in [1.54, 1.807) is 11.9 Å². The summed E-state index contributed by atoms with van der Waals surface area (Å²) in [5.41, 5.74) is 0. The van der Waals surface area contributed by atoms with E-state index < -0.39 is 0 Å². The molecule has 1 aliphatic carbocycles. The molecule has 1 amide bonds. The maximum atomic E-state index is 11.8. The lowest BCUT2D eigenvalue weighted by Crippen LogP contribution is -2.28. The molecular formula is C10H16N4O. The van der Waals surface area contributed by atoms with Crippen LogP contribution in [0.5, 0.6) is 0 Å². The number of hydrogen-bond donors (Lipinski definition) is 1. The number of nitrogens with zero attached hydrogens (tertiary/aromatic N) is 3. The fraction of sp³-hybridized carbons (Fsp3) is 0.700. The third-order valence-electron chi connectivity index (χ3n) is 2.83. The van der Waals surface area contributed by atoms with E-state index >= 15 is 0 Å². The van der Waals surface area contributed by atoms with Crippen molar-refractivity contribution in [2.24, 2.45) is 11.8 Å². The molecule has 0 spiro atoms. The van der Waals surface area contributed by atoms with Gasteiger partial charge >= 0.3 is 0 Å². The van der Waals surface area contributed by atoms with E-state index in [0.717, 1.165) is 12.2 Å². The Morgan fingerprint density at radius 2 is 2.33 bits per heavy atom. The van der Waals surface area contributed by atoms with E-state index in [2.05, 4.69) is 22.1 Å². The maximum absolute atomic E-state index is 11.8. The summed E-state index contributed by atoms with van der Waals surface area (Å²) in [6, 6.07) is 0. The van der Waals surface area contributed by atoms with Crippen molar-refractivity contribution in [3.05, 3.63) is 11.6 Å². The highest BCUT2D eigenvalue weighted by molar-refractivity contribution is 5.81. The van der Waals surface area contributed by atoms with Gasteiger partial charge in [0.2, 0.25) is 5.91 Å². The summed E-state index contributed by atoms with van der Waals surface area (Å²) in [4.78, 5) is 17.7. The molecule has 2 unspecified atom stereocenters. The number of carbonyl (C=O) groups excluding carboxylic acids is 1. The van der Waals surface area contributed by atoms with Gasteiger partial charge in [-0.1, -0.05) is 6.92 Å². The molecule has 5 nitrogen and oxygen atoms in total. The molecule has 2 atom stereocenters. The zero-order valence-electron chi connectivity index (χ0n) is 9.32. The van der Waals surface area contributed by atoms with Gasteiger partial charge in [-0.3, -0.25) is 9.89 Å². The number of aromatic amines is 1. The average molecular weight is 208 g/mol. The Kier molecular flexibility index (Phi) is 2.46. The highest BCUT2D eigenvalue weighted by Crippen LogP contribution is 2.39. The molecular weight excluding hydrogens is 192 g/mol. The minimum absolute atomic E-state index is 0.213. The van der Waals surface area contributed by atoms with Gasteiger partial charge < -0.3 is 4.90 Å². The molecule has 1 N–H and O–H groups in total. The van der Waals surface area contributed by atoms with E-state index in [1.165, 1.54) is 0 Å². The SMILES string of the molecule is Cc1nc(CN(C)C(=O)C2CC2C)n[nH]1. The van der Waals surface area contributed by atoms with Gasteiger partial charge in [0.25, 0.3) is 0 Å². The predicted molar refractivity (Wildman–Crippen MR) is 54.9 cm³/mol. The molecule has 1 aromatic heterocycles. The van der Waals surface area contributed by atoms with E-state index in [0.29, 0.717) is 18.3 Å². The van der Waals surface area contributed by atoms with Crippen molar-refractivity contribution in [2.75, 3.05) is 7.05 Å². The van der Waals surface area contributed by atoms with Crippen molar-refractivity contribution in [3.63, 3.8) is 0 Å². The molecule has 0 saturated heterocycles. The predicted octanol–water partition coefficient (Wildman–Crippen LogP) is 0.728. The number of aryl methyl sites for hydroxylation is 1. The number of aromatic nitrogens is 3. The van der Waals surface area contributed by atoms with E-state index in [9.17, 15) is 4.79 Å². The van der Waals surface area contributed by atoms with Crippen molar-refractivity contribution in [2.45, 2.75) is 26.8 Å². The van der Waals surface area contributed by atoms with E-state index in [-0.39, 0.29) is 11.8 Å². The van der Waals surface area contributed by atoms with Gasteiger partial charge in [0.15, 0.2) is 5.82 Å². The average Bonchev–Trinajstić information content (AvgIpc) is 2.77. The molecule has 2 rings (SSSR count). The quantitative estimate of drug-likeness (QED) is 0.796. The van der Waals surface area contributed by atoms with Crippen molar-refractivity contribution in [1.29, 1.82) is 0 Å². The molecule has 1 aromatic rings. The Bertz CT molecular complexity index is 373. The first kappa shape index (κ1) is 10.1. The normalized spacial score (nSPS) is 23.9. The second kappa shape index (κ2) is 3.64. The number of amides is 1. The third-order valence-corrected chi connectivity index (χ3v) is 2.83. The number of rotatable bonds is 3. The second-order valence-electron chi connectivity index (χ2n) is 4.35. The summed E-state index contributed by atoms with van der Waals surface area (Å²) in [6.45, 7) is 4.45. The van der Waals surface area contributed by atoms with Crippen molar-refractivity contribution in [1.82, 2.24) is 20.1 Å². The molecule has 1 fully saturated rings. The molecule has 15 heavy (non-hydrogen) atoms. The van der Waals surface area contributed by atoms with Gasteiger partial charge in [0.05, 0.1) is 6.54 Å². The van der Waals surface area contributed by atoms with Gasteiger partial charge in [0.1, 0.15) is 5.82 Å². The molecule has 0 radical (unpaired) electrons. The van der Waals surface area contributed by atoms with Crippen LogP contribution in [-0.2, 0) is 11.3 Å². The number of nitrogens with one attached hydrogen (secondary N) is 1. The molecule has 0 aliphatic heterocycles. The van der Waals surface area contributed by atoms with Crippen LogP contribution < -0.4 is 0 Å². The first-order valence-electron chi connectivity index (χ1n) is 5.21. The van der Waals surface area contributed by atoms with Gasteiger partial charge in [-0.15, -0.1) is 0 Å². The fourth-order valence-corrected chi connectivity index (χ4v) is 1.70. The van der Waals surface area contributed by atoms with Gasteiger partial charge in [-0.25, -0.2) is 4.98 Å². The zero-order valence-corrected chi connectivity index (χ0v) is 9.32. The Balaban J connectivity index is 1.92. The summed E-state index contributed by atoms with van der Waals surface area (Å²) in [7, 11) is 1.80. The molecule has 1 heterocycles. The Labute approximate surface area is 88.9 Å². The number of H-pyrrole nitrogens is 1. The first-order valence-corrected chi connectivity index (χ1v) is 5.21. The van der Waals surface area contributed by atoms with Crippen molar-refractivity contribution >= 4 is 5.91 Å². The zero-order chi connectivity index (χ0) is 11.0. The molecule has 1 aliphatic rings. The lowest BCUT2D eigenvalue weighted by atomic mass is 10.3. The van der Waals surface area contributed by atoms with Crippen LogP contribution in [0, 0.1) is 18.8 Å². The van der Waals surface area contributed by atoms with Gasteiger partial charge in [-0.05, 0) is 19.3 Å². The van der Waals surface area contributed by atoms with Crippen LogP contribution in [0.3, 0.4) is 0 Å². The minimum atomic E-state index is 0.213. The summed E-state index contributed by atoms with van der Waals surface area (Å²) in [5, 5.41) is 6.77. The summed E-state index contributed by atoms with van der Waals surface area (Å²) >= 11 is 0. The Hall–Kier alpha value is -1.39. The fourth-order valence-electron chi connectivity index (χ4n) is 1.70. The first-order chi connectivity index (χ1) is 7.08.